The van der Waals surface area contributed by atoms with Crippen LogP contribution in [-0.2, 0) is 4.74 Å². The number of ether oxygens (including phenoxy) is 2. The predicted octanol–water partition coefficient (Wildman–Crippen LogP) is 0.173. The molecular formula is C21H22O9. The third kappa shape index (κ3) is 4.78. The van der Waals surface area contributed by atoms with Gasteiger partial charge in [0.25, 0.3) is 0 Å². The van der Waals surface area contributed by atoms with Gasteiger partial charge in [0.1, 0.15) is 41.7 Å². The van der Waals surface area contributed by atoms with E-state index in [1.165, 1.54) is 24.3 Å². The molecular weight excluding hydrogens is 396 g/mol. The van der Waals surface area contributed by atoms with E-state index in [-0.39, 0.29) is 17.1 Å². The summed E-state index contributed by atoms with van der Waals surface area (Å²) < 4.78 is 10.8. The van der Waals surface area contributed by atoms with Gasteiger partial charge in [0.15, 0.2) is 5.78 Å². The zero-order valence-electron chi connectivity index (χ0n) is 15.7. The molecule has 2 aromatic rings. The van der Waals surface area contributed by atoms with Gasteiger partial charge in [-0.15, -0.1) is 0 Å². The van der Waals surface area contributed by atoms with E-state index in [9.17, 15) is 35.4 Å². The number of benzene rings is 2. The maximum Gasteiger partial charge on any atom is 0.229 e. The van der Waals surface area contributed by atoms with Crippen LogP contribution in [0.5, 0.6) is 17.2 Å². The Hall–Kier alpha value is -2.95. The molecule has 0 amide bonds. The van der Waals surface area contributed by atoms with Gasteiger partial charge in [-0.3, -0.25) is 4.79 Å². The van der Waals surface area contributed by atoms with Crippen LogP contribution in [0.3, 0.4) is 0 Å². The molecule has 1 aliphatic heterocycles. The fourth-order valence-electron chi connectivity index (χ4n) is 2.95. The minimum Gasteiger partial charge on any atom is -0.508 e. The summed E-state index contributed by atoms with van der Waals surface area (Å²) in [5.41, 5.74) is 0.689. The fraction of sp³-hybridized carbons (Fsp3) is 0.286. The van der Waals surface area contributed by atoms with Crippen LogP contribution in [0.2, 0.25) is 0 Å². The van der Waals surface area contributed by atoms with Crippen LogP contribution in [0.15, 0.2) is 48.5 Å². The van der Waals surface area contributed by atoms with E-state index in [0.29, 0.717) is 11.3 Å². The van der Waals surface area contributed by atoms with Gasteiger partial charge in [0.2, 0.25) is 6.29 Å². The molecule has 9 heteroatoms. The summed E-state index contributed by atoms with van der Waals surface area (Å²) in [6.07, 6.45) is -4.10. The van der Waals surface area contributed by atoms with Gasteiger partial charge in [0, 0.05) is 6.07 Å². The summed E-state index contributed by atoms with van der Waals surface area (Å²) in [4.78, 5) is 12.2. The number of phenols is 2. The highest BCUT2D eigenvalue weighted by molar-refractivity contribution is 6.08. The lowest BCUT2D eigenvalue weighted by atomic mass is 9.99. The number of aromatic hydroxyl groups is 2. The molecule has 3 rings (SSSR count). The average molecular weight is 418 g/mol. The van der Waals surface area contributed by atoms with Crippen molar-refractivity contribution in [1.29, 1.82) is 0 Å². The number of carbonyl (C=O) groups excluding carboxylic acids is 1. The number of allylic oxidation sites excluding steroid dienone is 1. The fourth-order valence-corrected chi connectivity index (χ4v) is 2.95. The second kappa shape index (κ2) is 9.24. The minimum absolute atomic E-state index is 0.0478. The molecule has 0 saturated carbocycles. The molecule has 1 aliphatic rings. The SMILES string of the molecule is O=C(/C=C/c1ccc(O[C@@H]2O[C@H](CO)[C@@H](O)[C@H](O)[C@H]2O)cc1)c1ccc(O)cc1O. The largest absolute Gasteiger partial charge is 0.508 e. The summed E-state index contributed by atoms with van der Waals surface area (Å²) in [6, 6.07) is 10.0. The van der Waals surface area contributed by atoms with Crippen LogP contribution in [0, 0.1) is 0 Å². The number of hydrogen-bond acceptors (Lipinski definition) is 9. The van der Waals surface area contributed by atoms with E-state index < -0.39 is 43.1 Å². The molecule has 1 saturated heterocycles. The Kier molecular flexibility index (Phi) is 6.70. The van der Waals surface area contributed by atoms with E-state index >= 15 is 0 Å². The molecule has 0 aromatic heterocycles. The van der Waals surface area contributed by atoms with Gasteiger partial charge in [-0.2, -0.15) is 0 Å². The van der Waals surface area contributed by atoms with Crippen molar-refractivity contribution >= 4 is 11.9 Å². The Morgan fingerprint density at radius 2 is 1.70 bits per heavy atom. The van der Waals surface area contributed by atoms with Crippen LogP contribution in [0.1, 0.15) is 15.9 Å². The Labute approximate surface area is 171 Å². The first-order chi connectivity index (χ1) is 14.3. The number of hydrogen-bond donors (Lipinski definition) is 6. The molecule has 2 aromatic carbocycles. The number of phenolic OH excluding ortho intramolecular Hbond substituents is 2. The second-order valence-corrected chi connectivity index (χ2v) is 6.78. The van der Waals surface area contributed by atoms with Crippen molar-refractivity contribution in [3.8, 4) is 17.2 Å². The van der Waals surface area contributed by atoms with E-state index in [2.05, 4.69) is 0 Å². The first-order valence-electron chi connectivity index (χ1n) is 9.12. The molecule has 0 radical (unpaired) electrons. The van der Waals surface area contributed by atoms with Gasteiger partial charge in [-0.1, -0.05) is 18.2 Å². The molecule has 9 nitrogen and oxygen atoms in total. The molecule has 0 bridgehead atoms. The Morgan fingerprint density at radius 1 is 1.00 bits per heavy atom. The third-order valence-corrected chi connectivity index (χ3v) is 4.65. The first kappa shape index (κ1) is 21.8. The number of carbonyl (C=O) groups is 1. The zero-order chi connectivity index (χ0) is 21.8. The van der Waals surface area contributed by atoms with Crippen molar-refractivity contribution < 1.29 is 44.9 Å². The number of aliphatic hydroxyl groups is 4. The van der Waals surface area contributed by atoms with Crippen LogP contribution in [0.4, 0.5) is 0 Å². The Morgan fingerprint density at radius 3 is 2.33 bits per heavy atom. The highest BCUT2D eigenvalue weighted by Gasteiger charge is 2.44. The summed E-state index contributed by atoms with van der Waals surface area (Å²) in [6.45, 7) is -0.556. The molecule has 30 heavy (non-hydrogen) atoms. The van der Waals surface area contributed by atoms with Gasteiger partial charge in [0.05, 0.1) is 12.2 Å². The van der Waals surface area contributed by atoms with Crippen molar-refractivity contribution in [3.63, 3.8) is 0 Å². The van der Waals surface area contributed by atoms with Crippen LogP contribution in [0.25, 0.3) is 6.08 Å². The normalized spacial score (nSPS) is 26.6. The second-order valence-electron chi connectivity index (χ2n) is 6.78. The lowest BCUT2D eigenvalue weighted by Crippen LogP contribution is -2.60. The van der Waals surface area contributed by atoms with Crippen molar-refractivity contribution in [2.75, 3.05) is 6.61 Å². The van der Waals surface area contributed by atoms with Gasteiger partial charge < -0.3 is 40.1 Å². The van der Waals surface area contributed by atoms with Crippen LogP contribution in [-0.4, -0.2) is 73.7 Å². The first-order valence-corrected chi connectivity index (χ1v) is 9.12. The van der Waals surface area contributed by atoms with Crippen LogP contribution >= 0.6 is 0 Å². The third-order valence-electron chi connectivity index (χ3n) is 4.65. The highest BCUT2D eigenvalue weighted by atomic mass is 16.7. The van der Waals surface area contributed by atoms with Crippen molar-refractivity contribution in [3.05, 3.63) is 59.7 Å². The summed E-state index contributed by atoms with van der Waals surface area (Å²) in [5.74, 6) is -0.635. The van der Waals surface area contributed by atoms with E-state index in [1.54, 1.807) is 24.3 Å². The molecule has 0 spiro atoms. The summed E-state index contributed by atoms with van der Waals surface area (Å²) in [7, 11) is 0. The summed E-state index contributed by atoms with van der Waals surface area (Å²) in [5, 5.41) is 57.8. The lowest BCUT2D eigenvalue weighted by Gasteiger charge is -2.39. The molecule has 5 atom stereocenters. The Bertz CT molecular complexity index is 907. The molecule has 0 unspecified atom stereocenters. The predicted molar refractivity (Wildman–Crippen MR) is 104 cm³/mol. The van der Waals surface area contributed by atoms with Crippen LogP contribution < -0.4 is 4.74 Å². The molecule has 1 fully saturated rings. The summed E-state index contributed by atoms with van der Waals surface area (Å²) >= 11 is 0. The standard InChI is InChI=1S/C21H22O9/c22-10-17-18(26)19(27)20(28)21(30-17)29-13-5-1-11(2-6-13)3-8-15(24)14-7-4-12(23)9-16(14)25/h1-9,17-23,25-28H,10H2/b8-3+/t17-,18-,19+,20-,21-/m1/s1. The number of ketones is 1. The average Bonchev–Trinajstić information content (AvgIpc) is 2.73. The Balaban J connectivity index is 1.65. The topological polar surface area (TPSA) is 157 Å². The zero-order valence-corrected chi connectivity index (χ0v) is 15.7. The van der Waals surface area contributed by atoms with Crippen molar-refractivity contribution in [2.24, 2.45) is 0 Å². The van der Waals surface area contributed by atoms with E-state index in [0.717, 1.165) is 6.07 Å². The van der Waals surface area contributed by atoms with E-state index in [4.69, 9.17) is 9.47 Å². The molecule has 160 valence electrons. The maximum atomic E-state index is 12.2. The lowest BCUT2D eigenvalue weighted by molar-refractivity contribution is -0.277. The minimum atomic E-state index is -1.54. The quantitative estimate of drug-likeness (QED) is 0.284. The molecule has 6 N–H and O–H groups in total. The molecule has 1 heterocycles. The van der Waals surface area contributed by atoms with Crippen molar-refractivity contribution in [2.45, 2.75) is 30.7 Å². The van der Waals surface area contributed by atoms with Gasteiger partial charge in [-0.25, -0.2) is 0 Å². The molecule has 0 aliphatic carbocycles. The van der Waals surface area contributed by atoms with Gasteiger partial charge >= 0.3 is 0 Å². The number of rotatable bonds is 6. The number of aliphatic hydroxyl groups excluding tert-OH is 4. The van der Waals surface area contributed by atoms with Crippen molar-refractivity contribution in [1.82, 2.24) is 0 Å². The highest BCUT2D eigenvalue weighted by Crippen LogP contribution is 2.25. The maximum absolute atomic E-state index is 12.2. The van der Waals surface area contributed by atoms with Gasteiger partial charge in [-0.05, 0) is 35.9 Å². The van der Waals surface area contributed by atoms with E-state index in [1.807, 2.05) is 0 Å². The monoisotopic (exact) mass is 418 g/mol. The smallest absolute Gasteiger partial charge is 0.229 e.